The zero-order valence-electron chi connectivity index (χ0n) is 43.2. The summed E-state index contributed by atoms with van der Waals surface area (Å²) in [5.74, 6) is 0.789. The van der Waals surface area contributed by atoms with Crippen molar-refractivity contribution in [3.05, 3.63) is 0 Å². The molecule has 0 radical (unpaired) electrons. The van der Waals surface area contributed by atoms with Gasteiger partial charge in [0.15, 0.2) is 6.10 Å². The molecule has 0 aliphatic heterocycles. The van der Waals surface area contributed by atoms with Gasteiger partial charge in [0.25, 0.3) is 0 Å². The van der Waals surface area contributed by atoms with Gasteiger partial charge in [-0.3, -0.25) is 14.4 Å². The third kappa shape index (κ3) is 51.3. The van der Waals surface area contributed by atoms with Crippen molar-refractivity contribution < 1.29 is 28.6 Å². The van der Waals surface area contributed by atoms with Crippen LogP contribution in [0.2, 0.25) is 0 Å². The fourth-order valence-electron chi connectivity index (χ4n) is 8.70. The molecule has 1 atom stereocenters. The molecule has 0 saturated carbocycles. The van der Waals surface area contributed by atoms with Crippen molar-refractivity contribution in [2.75, 3.05) is 13.2 Å². The summed E-state index contributed by atoms with van der Waals surface area (Å²) >= 11 is 0. The molecule has 0 rings (SSSR count). The van der Waals surface area contributed by atoms with Gasteiger partial charge in [-0.05, 0) is 31.1 Å². The molecule has 0 aromatic heterocycles. The quantitative estimate of drug-likeness (QED) is 0.0344. The largest absolute Gasteiger partial charge is 0.462 e. The van der Waals surface area contributed by atoms with E-state index in [1.165, 1.54) is 205 Å². The Morgan fingerprint density at radius 1 is 0.302 bits per heavy atom. The second-order valence-electron chi connectivity index (χ2n) is 20.5. The van der Waals surface area contributed by atoms with Crippen LogP contribution in [-0.2, 0) is 28.6 Å². The molecule has 63 heavy (non-hydrogen) atoms. The van der Waals surface area contributed by atoms with Crippen LogP contribution in [0.4, 0.5) is 0 Å². The maximum Gasteiger partial charge on any atom is 0.306 e. The lowest BCUT2D eigenvalue weighted by Gasteiger charge is -2.18. The van der Waals surface area contributed by atoms with Crippen LogP contribution in [0.3, 0.4) is 0 Å². The molecule has 0 aliphatic rings. The molecule has 374 valence electrons. The summed E-state index contributed by atoms with van der Waals surface area (Å²) in [6, 6.07) is 0. The van der Waals surface area contributed by atoms with Crippen LogP contribution >= 0.6 is 0 Å². The molecule has 0 unspecified atom stereocenters. The Bertz CT molecular complexity index is 962. The van der Waals surface area contributed by atoms with Gasteiger partial charge in [0, 0.05) is 19.3 Å². The maximum absolute atomic E-state index is 12.8. The average molecular weight is 892 g/mol. The van der Waals surface area contributed by atoms with Crippen LogP contribution in [0.15, 0.2) is 0 Å². The summed E-state index contributed by atoms with van der Waals surface area (Å²) in [7, 11) is 0. The molecule has 6 nitrogen and oxygen atoms in total. The minimum atomic E-state index is -0.763. The van der Waals surface area contributed by atoms with Gasteiger partial charge in [0.1, 0.15) is 13.2 Å². The first-order valence-electron chi connectivity index (χ1n) is 28.2. The van der Waals surface area contributed by atoms with Gasteiger partial charge in [-0.1, -0.05) is 279 Å². The molecule has 0 N–H and O–H groups in total. The van der Waals surface area contributed by atoms with Gasteiger partial charge < -0.3 is 14.2 Å². The van der Waals surface area contributed by atoms with E-state index in [1.807, 2.05) is 0 Å². The molecule has 0 bridgehead atoms. The molecular formula is C57H110O6. The number of hydrogen-bond acceptors (Lipinski definition) is 6. The Kier molecular flexibility index (Phi) is 48.6. The number of hydrogen-bond donors (Lipinski definition) is 0. The van der Waals surface area contributed by atoms with Crippen LogP contribution < -0.4 is 0 Å². The van der Waals surface area contributed by atoms with E-state index in [1.54, 1.807) is 0 Å². The summed E-state index contributed by atoms with van der Waals surface area (Å²) in [4.78, 5) is 38.1. The zero-order chi connectivity index (χ0) is 46.1. The van der Waals surface area contributed by atoms with Crippen molar-refractivity contribution in [1.82, 2.24) is 0 Å². The monoisotopic (exact) mass is 891 g/mol. The molecular weight excluding hydrogens is 781 g/mol. The minimum absolute atomic E-state index is 0.0635. The number of rotatable bonds is 51. The summed E-state index contributed by atoms with van der Waals surface area (Å²) in [6.45, 7) is 11.4. The summed E-state index contributed by atoms with van der Waals surface area (Å²) in [5.41, 5.74) is 0. The highest BCUT2D eigenvalue weighted by molar-refractivity contribution is 5.71. The van der Waals surface area contributed by atoms with Gasteiger partial charge in [-0.2, -0.15) is 0 Å². The molecule has 0 spiro atoms. The predicted octanol–water partition coefficient (Wildman–Crippen LogP) is 18.5. The van der Waals surface area contributed by atoms with Crippen molar-refractivity contribution >= 4 is 17.9 Å². The highest BCUT2D eigenvalue weighted by Crippen LogP contribution is 2.18. The van der Waals surface area contributed by atoms with Crippen LogP contribution in [0, 0.1) is 11.8 Å². The van der Waals surface area contributed by atoms with Crippen molar-refractivity contribution in [3.63, 3.8) is 0 Å². The predicted molar refractivity (Wildman–Crippen MR) is 270 cm³/mol. The molecule has 0 aliphatic carbocycles. The lowest BCUT2D eigenvalue weighted by Crippen LogP contribution is -2.30. The lowest BCUT2D eigenvalue weighted by molar-refractivity contribution is -0.167. The third-order valence-electron chi connectivity index (χ3n) is 13.0. The van der Waals surface area contributed by atoms with E-state index in [4.69, 9.17) is 14.2 Å². The van der Waals surface area contributed by atoms with Crippen LogP contribution in [0.1, 0.15) is 317 Å². The molecule has 0 aromatic carbocycles. The fourth-order valence-corrected chi connectivity index (χ4v) is 8.70. The van der Waals surface area contributed by atoms with Crippen molar-refractivity contribution in [1.29, 1.82) is 0 Å². The Balaban J connectivity index is 4.25. The number of carbonyl (C=O) groups excluding carboxylic acids is 3. The third-order valence-corrected chi connectivity index (χ3v) is 13.0. The van der Waals surface area contributed by atoms with Crippen molar-refractivity contribution in [2.24, 2.45) is 11.8 Å². The molecule has 0 saturated heterocycles. The van der Waals surface area contributed by atoms with Crippen LogP contribution in [0.25, 0.3) is 0 Å². The highest BCUT2D eigenvalue weighted by atomic mass is 16.6. The fraction of sp³-hybridized carbons (Fsp3) is 0.947. The van der Waals surface area contributed by atoms with E-state index >= 15 is 0 Å². The topological polar surface area (TPSA) is 78.9 Å². The summed E-state index contributed by atoms with van der Waals surface area (Å²) in [5, 5.41) is 0. The van der Waals surface area contributed by atoms with E-state index in [2.05, 4.69) is 34.6 Å². The van der Waals surface area contributed by atoms with Gasteiger partial charge >= 0.3 is 17.9 Å². The second kappa shape index (κ2) is 49.8. The van der Waals surface area contributed by atoms with Crippen molar-refractivity contribution in [3.8, 4) is 0 Å². The maximum atomic E-state index is 12.8. The standard InChI is InChI=1S/C57H110O6/c1-6-7-8-9-10-11-12-13-14-15-16-17-20-23-26-32-37-42-47-55(58)61-50-54(63-57(60)49-44-39-34-29-28-31-36-41-46-53(4)5)51-62-56(59)48-43-38-33-27-24-21-18-19-22-25-30-35-40-45-52(2)3/h52-54H,6-51H2,1-5H3/t54-/m1/s1. The SMILES string of the molecule is CCCCCCCCCCCCCCCCCCCCC(=O)OC[C@H](COC(=O)CCCCCCCCCCCCCCCC(C)C)OC(=O)CCCCCCCCCCC(C)C. The molecule has 0 aromatic rings. The van der Waals surface area contributed by atoms with E-state index in [0.717, 1.165) is 69.6 Å². The lowest BCUT2D eigenvalue weighted by atomic mass is 10.0. The molecule has 6 heteroatoms. The summed E-state index contributed by atoms with van der Waals surface area (Å²) < 4.78 is 16.9. The van der Waals surface area contributed by atoms with E-state index in [9.17, 15) is 14.4 Å². The number of esters is 3. The van der Waals surface area contributed by atoms with Gasteiger partial charge in [0.05, 0.1) is 0 Å². The van der Waals surface area contributed by atoms with E-state index in [-0.39, 0.29) is 31.1 Å². The zero-order valence-corrected chi connectivity index (χ0v) is 43.2. The Labute approximate surface area is 393 Å². The second-order valence-corrected chi connectivity index (χ2v) is 20.5. The molecule has 0 fully saturated rings. The first kappa shape index (κ1) is 61.4. The minimum Gasteiger partial charge on any atom is -0.462 e. The summed E-state index contributed by atoms with van der Waals surface area (Å²) in [6.07, 6.45) is 52.4. The smallest absolute Gasteiger partial charge is 0.306 e. The number of unbranched alkanes of at least 4 members (excludes halogenated alkanes) is 36. The molecule has 0 heterocycles. The van der Waals surface area contributed by atoms with Gasteiger partial charge in [0.2, 0.25) is 0 Å². The van der Waals surface area contributed by atoms with Gasteiger partial charge in [-0.15, -0.1) is 0 Å². The number of carbonyl (C=O) groups is 3. The number of ether oxygens (including phenoxy) is 3. The first-order valence-corrected chi connectivity index (χ1v) is 28.2. The van der Waals surface area contributed by atoms with E-state index < -0.39 is 6.10 Å². The Hall–Kier alpha value is -1.59. The molecule has 0 amide bonds. The van der Waals surface area contributed by atoms with Gasteiger partial charge in [-0.25, -0.2) is 0 Å². The Morgan fingerprint density at radius 2 is 0.524 bits per heavy atom. The van der Waals surface area contributed by atoms with Crippen LogP contribution in [0.5, 0.6) is 0 Å². The average Bonchev–Trinajstić information content (AvgIpc) is 3.25. The Morgan fingerprint density at radius 3 is 0.778 bits per heavy atom. The van der Waals surface area contributed by atoms with Crippen molar-refractivity contribution in [2.45, 2.75) is 323 Å². The van der Waals surface area contributed by atoms with E-state index in [0.29, 0.717) is 19.3 Å². The first-order chi connectivity index (χ1) is 30.7. The highest BCUT2D eigenvalue weighted by Gasteiger charge is 2.19. The normalized spacial score (nSPS) is 12.0. The van der Waals surface area contributed by atoms with Crippen LogP contribution in [-0.4, -0.2) is 37.2 Å².